The summed E-state index contributed by atoms with van der Waals surface area (Å²) in [5, 5.41) is 0. The minimum absolute atomic E-state index is 0.0898. The number of rotatable bonds is 7. The van der Waals surface area contributed by atoms with Crippen LogP contribution in [-0.2, 0) is 13.0 Å². The average Bonchev–Trinajstić information content (AvgIpc) is 2.68. The van der Waals surface area contributed by atoms with Crippen LogP contribution in [0.2, 0.25) is 0 Å². The molecule has 26 heavy (non-hydrogen) atoms. The average molecular weight is 345 g/mol. The second-order valence-electron chi connectivity index (χ2n) is 6.66. The molecule has 0 unspecified atom stereocenters. The van der Waals surface area contributed by atoms with E-state index in [9.17, 15) is 4.79 Å². The van der Waals surface area contributed by atoms with Crippen molar-refractivity contribution in [2.24, 2.45) is 0 Å². The summed E-state index contributed by atoms with van der Waals surface area (Å²) in [4.78, 5) is 16.3. The molecule has 0 amide bonds. The van der Waals surface area contributed by atoms with Crippen molar-refractivity contribution >= 4 is 5.78 Å². The highest BCUT2D eigenvalue weighted by atomic mass is 16.5. The first kappa shape index (κ1) is 17.9. The molecule has 0 aliphatic heterocycles. The van der Waals surface area contributed by atoms with Gasteiger partial charge in [0.15, 0.2) is 5.78 Å². The van der Waals surface area contributed by atoms with E-state index < -0.39 is 0 Å². The van der Waals surface area contributed by atoms with E-state index in [0.29, 0.717) is 24.5 Å². The summed E-state index contributed by atoms with van der Waals surface area (Å²) >= 11 is 0. The Bertz CT molecular complexity index is 838. The molecule has 2 aromatic carbocycles. The zero-order valence-corrected chi connectivity index (χ0v) is 15.2. The molecule has 0 spiro atoms. The highest BCUT2D eigenvalue weighted by Gasteiger charge is 2.07. The third-order valence-electron chi connectivity index (χ3n) is 4.34. The van der Waals surface area contributed by atoms with E-state index in [4.69, 9.17) is 4.74 Å². The number of aromatic nitrogens is 1. The van der Waals surface area contributed by atoms with Gasteiger partial charge in [-0.25, -0.2) is 0 Å². The standard InChI is InChI=1S/C23H23NO2/c1-17(2)20-5-3-19(4-6-20)16-26-22-9-7-21(8-10-22)23(25)15-18-11-13-24-14-12-18/h3-14,17H,15-16H2,1-2H3. The molecule has 3 rings (SSSR count). The monoisotopic (exact) mass is 345 g/mol. The number of hydrogen-bond acceptors (Lipinski definition) is 3. The Morgan fingerprint density at radius 2 is 1.54 bits per heavy atom. The lowest BCUT2D eigenvalue weighted by atomic mass is 10.0. The van der Waals surface area contributed by atoms with Gasteiger partial charge in [0, 0.05) is 24.4 Å². The normalized spacial score (nSPS) is 10.7. The van der Waals surface area contributed by atoms with Crippen LogP contribution in [0.15, 0.2) is 73.1 Å². The summed E-state index contributed by atoms with van der Waals surface area (Å²) in [6, 6.07) is 19.5. The molecular weight excluding hydrogens is 322 g/mol. The van der Waals surface area contributed by atoms with Crippen LogP contribution < -0.4 is 4.74 Å². The first-order valence-electron chi connectivity index (χ1n) is 8.85. The summed E-state index contributed by atoms with van der Waals surface area (Å²) in [6.07, 6.45) is 3.78. The van der Waals surface area contributed by atoms with Crippen LogP contribution in [0.3, 0.4) is 0 Å². The van der Waals surface area contributed by atoms with Gasteiger partial charge in [0.05, 0.1) is 0 Å². The molecule has 0 aliphatic carbocycles. The fourth-order valence-electron chi connectivity index (χ4n) is 2.69. The van der Waals surface area contributed by atoms with Crippen molar-refractivity contribution in [3.05, 3.63) is 95.3 Å². The first-order valence-corrected chi connectivity index (χ1v) is 8.85. The van der Waals surface area contributed by atoms with Gasteiger partial charge in [-0.1, -0.05) is 38.1 Å². The van der Waals surface area contributed by atoms with Crippen LogP contribution in [0.4, 0.5) is 0 Å². The van der Waals surface area contributed by atoms with Crippen LogP contribution in [0, 0.1) is 0 Å². The van der Waals surface area contributed by atoms with Crippen LogP contribution in [0.5, 0.6) is 5.75 Å². The minimum Gasteiger partial charge on any atom is -0.489 e. The molecule has 3 heteroatoms. The minimum atomic E-state index is 0.0898. The predicted molar refractivity (Wildman–Crippen MR) is 104 cm³/mol. The fourth-order valence-corrected chi connectivity index (χ4v) is 2.69. The van der Waals surface area contributed by atoms with Gasteiger partial charge in [-0.05, 0) is 59.0 Å². The molecule has 0 aliphatic rings. The molecule has 0 fully saturated rings. The Balaban J connectivity index is 1.56. The molecule has 0 bridgehead atoms. The molecule has 0 saturated carbocycles. The number of Topliss-reactive ketones (excluding diaryl/α,β-unsaturated/α-hetero) is 1. The number of ketones is 1. The van der Waals surface area contributed by atoms with Gasteiger partial charge in [-0.2, -0.15) is 0 Å². The van der Waals surface area contributed by atoms with E-state index in [2.05, 4.69) is 43.1 Å². The molecule has 0 radical (unpaired) electrons. The maximum absolute atomic E-state index is 12.3. The lowest BCUT2D eigenvalue weighted by Gasteiger charge is -2.09. The zero-order chi connectivity index (χ0) is 18.4. The molecule has 0 saturated heterocycles. The Kier molecular flexibility index (Phi) is 5.80. The Morgan fingerprint density at radius 3 is 2.15 bits per heavy atom. The van der Waals surface area contributed by atoms with Crippen molar-refractivity contribution in [2.75, 3.05) is 0 Å². The number of nitrogens with zero attached hydrogens (tertiary/aromatic N) is 1. The van der Waals surface area contributed by atoms with Gasteiger partial charge in [-0.3, -0.25) is 9.78 Å². The smallest absolute Gasteiger partial charge is 0.167 e. The van der Waals surface area contributed by atoms with Crippen LogP contribution >= 0.6 is 0 Å². The molecule has 132 valence electrons. The van der Waals surface area contributed by atoms with Gasteiger partial charge in [0.25, 0.3) is 0 Å². The van der Waals surface area contributed by atoms with Gasteiger partial charge >= 0.3 is 0 Å². The highest BCUT2D eigenvalue weighted by Crippen LogP contribution is 2.18. The van der Waals surface area contributed by atoms with Crippen molar-refractivity contribution in [3.63, 3.8) is 0 Å². The summed E-state index contributed by atoms with van der Waals surface area (Å²) < 4.78 is 5.83. The number of carbonyl (C=O) groups is 1. The third-order valence-corrected chi connectivity index (χ3v) is 4.34. The lowest BCUT2D eigenvalue weighted by molar-refractivity contribution is 0.0993. The van der Waals surface area contributed by atoms with Crippen LogP contribution in [0.1, 0.15) is 46.8 Å². The zero-order valence-electron chi connectivity index (χ0n) is 15.2. The Morgan fingerprint density at radius 1 is 0.885 bits per heavy atom. The van der Waals surface area contributed by atoms with Crippen LogP contribution in [-0.4, -0.2) is 10.8 Å². The Hall–Kier alpha value is -2.94. The summed E-state index contributed by atoms with van der Waals surface area (Å²) in [5.74, 6) is 1.38. The quantitative estimate of drug-likeness (QED) is 0.552. The lowest BCUT2D eigenvalue weighted by Crippen LogP contribution is -2.03. The maximum Gasteiger partial charge on any atom is 0.167 e. The molecule has 0 N–H and O–H groups in total. The maximum atomic E-state index is 12.3. The van der Waals surface area contributed by atoms with Gasteiger partial charge < -0.3 is 4.74 Å². The van der Waals surface area contributed by atoms with Gasteiger partial charge in [0.2, 0.25) is 0 Å². The number of benzene rings is 2. The second-order valence-corrected chi connectivity index (χ2v) is 6.66. The van der Waals surface area contributed by atoms with Crippen molar-refractivity contribution in [2.45, 2.75) is 32.8 Å². The van der Waals surface area contributed by atoms with Crippen LogP contribution in [0.25, 0.3) is 0 Å². The van der Waals surface area contributed by atoms with Gasteiger partial charge in [0.1, 0.15) is 12.4 Å². The number of pyridine rings is 1. The molecule has 0 atom stereocenters. The van der Waals surface area contributed by atoms with Crippen molar-refractivity contribution in [1.29, 1.82) is 0 Å². The van der Waals surface area contributed by atoms with Crippen molar-refractivity contribution in [3.8, 4) is 5.75 Å². The predicted octanol–water partition coefficient (Wildman–Crippen LogP) is 5.21. The fraction of sp³-hybridized carbons (Fsp3) is 0.217. The van der Waals surface area contributed by atoms with E-state index in [1.165, 1.54) is 5.56 Å². The third kappa shape index (κ3) is 4.79. The highest BCUT2D eigenvalue weighted by molar-refractivity contribution is 5.97. The Labute approximate surface area is 154 Å². The molecule has 1 aromatic heterocycles. The largest absolute Gasteiger partial charge is 0.489 e. The number of carbonyl (C=O) groups excluding carboxylic acids is 1. The van der Waals surface area contributed by atoms with E-state index in [0.717, 1.165) is 16.9 Å². The summed E-state index contributed by atoms with van der Waals surface area (Å²) in [6.45, 7) is 4.88. The van der Waals surface area contributed by atoms with E-state index in [1.807, 2.05) is 36.4 Å². The van der Waals surface area contributed by atoms with Gasteiger partial charge in [-0.15, -0.1) is 0 Å². The molecule has 3 nitrogen and oxygen atoms in total. The van der Waals surface area contributed by atoms with Crippen molar-refractivity contribution in [1.82, 2.24) is 4.98 Å². The molecule has 3 aromatic rings. The molecule has 1 heterocycles. The second kappa shape index (κ2) is 8.43. The SMILES string of the molecule is CC(C)c1ccc(COc2ccc(C(=O)Cc3ccncc3)cc2)cc1. The topological polar surface area (TPSA) is 39.2 Å². The summed E-state index contributed by atoms with van der Waals surface area (Å²) in [7, 11) is 0. The number of hydrogen-bond donors (Lipinski definition) is 0. The molecular formula is C23H23NO2. The first-order chi connectivity index (χ1) is 12.6. The van der Waals surface area contributed by atoms with Crippen molar-refractivity contribution < 1.29 is 9.53 Å². The summed E-state index contributed by atoms with van der Waals surface area (Å²) in [5.41, 5.74) is 4.11. The number of ether oxygens (including phenoxy) is 1. The van der Waals surface area contributed by atoms with E-state index in [-0.39, 0.29) is 5.78 Å². The van der Waals surface area contributed by atoms with E-state index >= 15 is 0 Å². The van der Waals surface area contributed by atoms with E-state index in [1.54, 1.807) is 12.4 Å².